The van der Waals surface area contributed by atoms with Gasteiger partial charge in [0.15, 0.2) is 0 Å². The minimum Gasteiger partial charge on any atom is -0.327 e. The number of carbonyl (C=O) groups is 1. The van der Waals surface area contributed by atoms with E-state index in [1.807, 2.05) is 18.2 Å². The number of aromatic nitrogens is 4. The monoisotopic (exact) mass is 379 g/mol. The molecule has 1 fully saturated rings. The first kappa shape index (κ1) is 16.6. The largest absolute Gasteiger partial charge is 0.327 e. The van der Waals surface area contributed by atoms with Crippen LogP contribution in [0, 0.1) is 0 Å². The second-order valence-electron chi connectivity index (χ2n) is 7.23. The number of hydrogen-bond acceptors (Lipinski definition) is 5. The maximum Gasteiger partial charge on any atom is 0.277 e. The number of anilines is 1. The van der Waals surface area contributed by atoms with Crippen molar-refractivity contribution in [2.75, 3.05) is 5.32 Å². The number of imidazole rings is 1. The fourth-order valence-electron chi connectivity index (χ4n) is 3.65. The highest BCUT2D eigenvalue weighted by atomic mass is 32.1. The number of benzene rings is 1. The summed E-state index contributed by atoms with van der Waals surface area (Å²) in [7, 11) is 0. The molecule has 7 heteroatoms. The predicted molar refractivity (Wildman–Crippen MR) is 105 cm³/mol. The maximum atomic E-state index is 13.0. The van der Waals surface area contributed by atoms with Crippen molar-refractivity contribution < 1.29 is 4.79 Å². The van der Waals surface area contributed by atoms with Crippen LogP contribution in [0.1, 0.15) is 59.2 Å². The minimum atomic E-state index is -0.179. The molecule has 138 valence electrons. The summed E-state index contributed by atoms with van der Waals surface area (Å²) in [4.78, 5) is 17.8. The summed E-state index contributed by atoms with van der Waals surface area (Å²) >= 11 is 1.48. The van der Waals surface area contributed by atoms with Gasteiger partial charge in [0.25, 0.3) is 5.91 Å². The molecule has 0 unspecified atom stereocenters. The van der Waals surface area contributed by atoms with Crippen molar-refractivity contribution in [3.63, 3.8) is 0 Å². The first-order chi connectivity index (χ1) is 13.3. The van der Waals surface area contributed by atoms with Gasteiger partial charge in [-0.1, -0.05) is 48.1 Å². The summed E-state index contributed by atoms with van der Waals surface area (Å²) in [5, 5.41) is 12.9. The fraction of sp³-hybridized carbons (Fsp3) is 0.400. The van der Waals surface area contributed by atoms with Crippen molar-refractivity contribution in [3.05, 3.63) is 46.7 Å². The van der Waals surface area contributed by atoms with Crippen molar-refractivity contribution in [2.45, 2.75) is 51.0 Å². The highest BCUT2D eigenvalue weighted by Crippen LogP contribution is 2.42. The quantitative estimate of drug-likeness (QED) is 0.735. The van der Waals surface area contributed by atoms with E-state index < -0.39 is 0 Å². The van der Waals surface area contributed by atoms with E-state index >= 15 is 0 Å². The Morgan fingerprint density at radius 2 is 1.96 bits per heavy atom. The zero-order valence-corrected chi connectivity index (χ0v) is 15.8. The Balaban J connectivity index is 1.48. The Bertz CT molecular complexity index is 974. The van der Waals surface area contributed by atoms with E-state index in [1.165, 1.54) is 30.6 Å². The van der Waals surface area contributed by atoms with Gasteiger partial charge in [-0.25, -0.2) is 4.98 Å². The van der Waals surface area contributed by atoms with Crippen LogP contribution in [0.4, 0.5) is 5.13 Å². The van der Waals surface area contributed by atoms with Crippen LogP contribution < -0.4 is 5.32 Å². The molecule has 2 aromatic heterocycles. The SMILES string of the molecule is O=C(Nc1nnc(C2CC2)s1)c1nc(-c2ccccc2)n2c1CCCCC2. The van der Waals surface area contributed by atoms with E-state index in [0.717, 1.165) is 47.9 Å². The van der Waals surface area contributed by atoms with Crippen LogP contribution >= 0.6 is 11.3 Å². The van der Waals surface area contributed by atoms with Gasteiger partial charge < -0.3 is 4.57 Å². The van der Waals surface area contributed by atoms with Gasteiger partial charge in [-0.3, -0.25) is 10.1 Å². The average Bonchev–Trinajstić information content (AvgIpc) is 3.40. The number of fused-ring (bicyclic) bond motifs is 1. The molecule has 3 heterocycles. The average molecular weight is 379 g/mol. The van der Waals surface area contributed by atoms with Crippen LogP contribution in [-0.4, -0.2) is 25.7 Å². The van der Waals surface area contributed by atoms with Gasteiger partial charge in [0.05, 0.1) is 5.69 Å². The smallest absolute Gasteiger partial charge is 0.277 e. The van der Waals surface area contributed by atoms with Crippen LogP contribution in [0.3, 0.4) is 0 Å². The molecule has 0 saturated heterocycles. The molecular formula is C20H21N5OS. The molecular weight excluding hydrogens is 358 g/mol. The van der Waals surface area contributed by atoms with Crippen molar-refractivity contribution in [1.29, 1.82) is 0 Å². The van der Waals surface area contributed by atoms with Gasteiger partial charge in [-0.2, -0.15) is 0 Å². The number of amides is 1. The van der Waals surface area contributed by atoms with E-state index in [-0.39, 0.29) is 5.91 Å². The van der Waals surface area contributed by atoms with Gasteiger partial charge in [-0.15, -0.1) is 10.2 Å². The van der Waals surface area contributed by atoms with Gasteiger partial charge in [0, 0.05) is 18.0 Å². The molecule has 1 aliphatic carbocycles. The fourth-order valence-corrected chi connectivity index (χ4v) is 4.55. The first-order valence-corrected chi connectivity index (χ1v) is 10.4. The molecule has 1 amide bonds. The van der Waals surface area contributed by atoms with Crippen LogP contribution in [0.25, 0.3) is 11.4 Å². The van der Waals surface area contributed by atoms with E-state index in [9.17, 15) is 4.79 Å². The van der Waals surface area contributed by atoms with E-state index in [2.05, 4.69) is 32.2 Å². The second-order valence-corrected chi connectivity index (χ2v) is 8.24. The summed E-state index contributed by atoms with van der Waals surface area (Å²) in [5.74, 6) is 1.25. The molecule has 3 aromatic rings. The Hall–Kier alpha value is -2.54. The normalized spacial score (nSPS) is 16.6. The third kappa shape index (κ3) is 3.27. The van der Waals surface area contributed by atoms with E-state index in [0.29, 0.717) is 16.7 Å². The third-order valence-corrected chi connectivity index (χ3v) is 6.20. The van der Waals surface area contributed by atoms with E-state index in [1.54, 1.807) is 0 Å². The molecule has 0 atom stereocenters. The molecule has 2 aliphatic rings. The topological polar surface area (TPSA) is 72.7 Å². The number of carbonyl (C=O) groups excluding carboxylic acids is 1. The molecule has 5 rings (SSSR count). The minimum absolute atomic E-state index is 0.179. The zero-order valence-electron chi connectivity index (χ0n) is 15.0. The number of nitrogens with one attached hydrogen (secondary N) is 1. The van der Waals surface area contributed by atoms with Gasteiger partial charge in [0.1, 0.15) is 16.5 Å². The lowest BCUT2D eigenvalue weighted by molar-refractivity contribution is 0.102. The molecule has 0 radical (unpaired) electrons. The predicted octanol–water partition coefficient (Wildman–Crippen LogP) is 4.26. The summed E-state index contributed by atoms with van der Waals surface area (Å²) in [6.45, 7) is 0.907. The Morgan fingerprint density at radius 3 is 2.78 bits per heavy atom. The first-order valence-electron chi connectivity index (χ1n) is 9.59. The van der Waals surface area contributed by atoms with Crippen molar-refractivity contribution in [1.82, 2.24) is 19.7 Å². The van der Waals surface area contributed by atoms with E-state index in [4.69, 9.17) is 4.98 Å². The maximum absolute atomic E-state index is 13.0. The second kappa shape index (κ2) is 6.88. The molecule has 1 N–H and O–H groups in total. The Kier molecular flexibility index (Phi) is 4.24. The van der Waals surface area contributed by atoms with Gasteiger partial charge in [-0.05, 0) is 32.1 Å². The lowest BCUT2D eigenvalue weighted by Gasteiger charge is -2.08. The highest BCUT2D eigenvalue weighted by molar-refractivity contribution is 7.15. The lowest BCUT2D eigenvalue weighted by Crippen LogP contribution is -2.15. The molecule has 1 saturated carbocycles. The molecule has 27 heavy (non-hydrogen) atoms. The standard InChI is InChI=1S/C20H21N5OS/c26-18(22-20-24-23-19(27-20)14-10-11-14)16-15-9-5-2-6-12-25(15)17(21-16)13-7-3-1-4-8-13/h1,3-4,7-8,14H,2,5-6,9-12H2,(H,22,24,26). The van der Waals surface area contributed by atoms with Crippen LogP contribution in [0.15, 0.2) is 30.3 Å². The third-order valence-electron chi connectivity index (χ3n) is 5.20. The van der Waals surface area contributed by atoms with Gasteiger partial charge in [0.2, 0.25) is 5.13 Å². The summed E-state index contributed by atoms with van der Waals surface area (Å²) in [6, 6.07) is 10.1. The van der Waals surface area contributed by atoms with Crippen molar-refractivity contribution in [2.24, 2.45) is 0 Å². The molecule has 1 aromatic carbocycles. The molecule has 0 bridgehead atoms. The van der Waals surface area contributed by atoms with Gasteiger partial charge >= 0.3 is 0 Å². The Morgan fingerprint density at radius 1 is 1.11 bits per heavy atom. The van der Waals surface area contributed by atoms with Crippen LogP contribution in [0.2, 0.25) is 0 Å². The summed E-state index contributed by atoms with van der Waals surface area (Å²) in [5.41, 5.74) is 2.61. The zero-order chi connectivity index (χ0) is 18.2. The Labute approximate surface area is 161 Å². The highest BCUT2D eigenvalue weighted by Gasteiger charge is 2.29. The van der Waals surface area contributed by atoms with Crippen LogP contribution in [0.5, 0.6) is 0 Å². The molecule has 1 aliphatic heterocycles. The number of rotatable bonds is 4. The number of hydrogen-bond donors (Lipinski definition) is 1. The summed E-state index contributed by atoms with van der Waals surface area (Å²) in [6.07, 6.45) is 6.62. The molecule has 0 spiro atoms. The lowest BCUT2D eigenvalue weighted by atomic mass is 10.1. The van der Waals surface area contributed by atoms with Crippen LogP contribution in [-0.2, 0) is 13.0 Å². The number of nitrogens with zero attached hydrogens (tertiary/aromatic N) is 4. The molecule has 6 nitrogen and oxygen atoms in total. The van der Waals surface area contributed by atoms with Crippen molar-refractivity contribution in [3.8, 4) is 11.4 Å². The summed E-state index contributed by atoms with van der Waals surface area (Å²) < 4.78 is 2.23. The van der Waals surface area contributed by atoms with Crippen molar-refractivity contribution >= 4 is 22.4 Å².